The van der Waals surface area contributed by atoms with Crippen LogP contribution in [0.15, 0.2) is 180 Å². The number of carbonyl (C=O) groups is 10. The minimum absolute atomic E-state index is 0.0242. The first kappa shape index (κ1) is 93.7. The summed E-state index contributed by atoms with van der Waals surface area (Å²) in [4.78, 5) is 126. The molecule has 24 rings (SSSR count). The number of ether oxygens (including phenoxy) is 2. The number of anilines is 5. The molecule has 8 aliphatic carbocycles. The van der Waals surface area contributed by atoms with Crippen molar-refractivity contribution in [1.29, 1.82) is 0 Å². The minimum Gasteiger partial charge on any atom is -0.497 e. The largest absolute Gasteiger partial charge is 0.497 e. The molecule has 9 aromatic carbocycles. The Morgan fingerprint density at radius 3 is 1.15 bits per heavy atom. The van der Waals surface area contributed by atoms with Crippen molar-refractivity contribution in [1.82, 2.24) is 0 Å². The summed E-state index contributed by atoms with van der Waals surface area (Å²) in [6, 6.07) is 33.0. The van der Waals surface area contributed by atoms with Crippen LogP contribution in [-0.2, 0) is 182 Å². The Bertz CT molecular complexity index is 7600. The molecule has 5 N–H and O–H groups in total. The van der Waals surface area contributed by atoms with Crippen LogP contribution in [0.1, 0.15) is 197 Å². The van der Waals surface area contributed by atoms with E-state index in [9.17, 15) is 73.4 Å². The standard InChI is InChI=1S/C22H22N2O4S.2C21H19BrN2O3S.C21H19FN2O3S.C15H11BrN2O4S2/c1-28-15-8-9-19-18(11-15)22(26)24-29(19,27)12-20(25)23-21-16-6-2-4-13(16)10-14-5-3-7-17(14)21;22-14-7-8-18-17(10-14)21(26)24-28(18,27)11-19(25)23-20-15-5-1-3-12(15)9-13-4-2-6-16(13)20;22-14-7-8-17-18(10-14)28(27,24-21(17)26)11-19(25)23-20-15-5-1-3-12(15)9-13-4-2-6-16(13)20;22-16-8-3-9-17-19(16)21(26)24-28(17,27)11-18(25)23-20-14-6-1-4-12(14)10-13-5-2-7-15(13)20;16-9-1-2-10-8(3-5-22-10)13(9)17-12(19)7-24(21)11-4-6-23-14(11)15(20)18-24/h8-11H,2-7,12H2,1H3,(H,23,25);2*7-10H,1-6,11H2,(H,23,25);3,8-10H,1-2,4-7,11H2,(H,23,25);1-2,4,6H,3,5,7H2,(H,17,19). The van der Waals surface area contributed by atoms with Crippen LogP contribution in [0.3, 0.4) is 0 Å². The maximum absolute atomic E-state index is 14.0. The first-order valence-corrected chi connectivity index (χ1v) is 57.2. The molecule has 0 saturated heterocycles. The lowest BCUT2D eigenvalue weighted by Gasteiger charge is -2.16. The number of benzene rings is 9. The number of halogens is 4. The molecule has 37 heteroatoms. The molecule has 1 aromatic heterocycles. The van der Waals surface area contributed by atoms with Crippen molar-refractivity contribution < 1.29 is 82.9 Å². The van der Waals surface area contributed by atoms with Gasteiger partial charge in [-0.05, 0) is 349 Å². The van der Waals surface area contributed by atoms with Crippen LogP contribution in [0.5, 0.6) is 11.5 Å². The average Bonchev–Trinajstić information content (AvgIpc) is 1.57. The average molecular weight is 2150 g/mol. The maximum Gasteiger partial charge on any atom is 0.296 e. The summed E-state index contributed by atoms with van der Waals surface area (Å²) in [5.41, 5.74) is 26.0. The van der Waals surface area contributed by atoms with Gasteiger partial charge in [-0.15, -0.1) is 11.3 Å². The monoisotopic (exact) mass is 2150 g/mol. The number of amides is 10. The normalized spacial score (nSPS) is 21.6. The number of nitrogens with one attached hydrogen (secondary N) is 5. The lowest BCUT2D eigenvalue weighted by atomic mass is 9.98. The molecule has 7 heterocycles. The van der Waals surface area contributed by atoms with E-state index in [1.165, 1.54) is 126 Å². The smallest absolute Gasteiger partial charge is 0.296 e. The molecule has 0 spiro atoms. The molecule has 0 fully saturated rings. The van der Waals surface area contributed by atoms with E-state index in [0.29, 0.717) is 64.5 Å². The number of fused-ring (bicyclic) bond motifs is 14. The molecule has 10 amide bonds. The summed E-state index contributed by atoms with van der Waals surface area (Å²) >= 11 is 11.3. The fourth-order valence-electron chi connectivity index (χ4n) is 21.4. The summed E-state index contributed by atoms with van der Waals surface area (Å²) in [6.07, 6.45) is 25.3. The lowest BCUT2D eigenvalue weighted by Crippen LogP contribution is -2.23. The zero-order chi connectivity index (χ0) is 95.5. The quantitative estimate of drug-likeness (QED) is 0.0600. The molecular formula is C100H90Br3FN10O17S6. The van der Waals surface area contributed by atoms with Gasteiger partial charge >= 0.3 is 0 Å². The van der Waals surface area contributed by atoms with Crippen LogP contribution in [0.25, 0.3) is 0 Å². The van der Waals surface area contributed by atoms with E-state index in [-0.39, 0.29) is 56.8 Å². The second-order valence-electron chi connectivity index (χ2n) is 36.0. The van der Waals surface area contributed by atoms with Crippen molar-refractivity contribution in [2.75, 3.05) is 69.1 Å². The highest BCUT2D eigenvalue weighted by atomic mass is 79.9. The minimum atomic E-state index is -3.31. The van der Waals surface area contributed by atoms with Gasteiger partial charge in [0.15, 0.2) is 0 Å². The third kappa shape index (κ3) is 17.9. The van der Waals surface area contributed by atoms with Gasteiger partial charge in [-0.3, -0.25) is 47.9 Å². The van der Waals surface area contributed by atoms with Gasteiger partial charge in [-0.25, -0.2) is 25.4 Å². The van der Waals surface area contributed by atoms with E-state index < -0.39 is 102 Å². The predicted octanol–water partition coefficient (Wildman–Crippen LogP) is 17.9. The van der Waals surface area contributed by atoms with Gasteiger partial charge in [0.05, 0.1) is 115 Å². The van der Waals surface area contributed by atoms with Crippen LogP contribution < -0.4 is 36.1 Å². The molecule has 0 saturated carbocycles. The van der Waals surface area contributed by atoms with Crippen molar-refractivity contribution in [3.8, 4) is 11.5 Å². The van der Waals surface area contributed by atoms with Gasteiger partial charge in [-0.2, -0.15) is 21.8 Å². The summed E-state index contributed by atoms with van der Waals surface area (Å²) < 4.78 is 112. The fourth-order valence-corrected chi connectivity index (χ4v) is 33.4. The Morgan fingerprint density at radius 1 is 0.358 bits per heavy atom. The number of aryl methyl sites for hydroxylation is 8. The molecule has 0 bridgehead atoms. The van der Waals surface area contributed by atoms with Crippen molar-refractivity contribution in [2.24, 2.45) is 21.8 Å². The molecule has 10 aromatic rings. The Labute approximate surface area is 820 Å². The number of carbonyl (C=O) groups excluding carboxylic acids is 10. The topological polar surface area (TPSA) is 396 Å². The third-order valence-electron chi connectivity index (χ3n) is 27.3. The van der Waals surface area contributed by atoms with Gasteiger partial charge < -0.3 is 36.1 Å². The van der Waals surface area contributed by atoms with Crippen molar-refractivity contribution in [3.63, 3.8) is 0 Å². The Hall–Kier alpha value is -10.9. The van der Waals surface area contributed by atoms with Crippen LogP contribution in [0, 0.1) is 5.82 Å². The zero-order valence-electron chi connectivity index (χ0n) is 74.1. The maximum atomic E-state index is 14.0. The first-order chi connectivity index (χ1) is 65.8. The lowest BCUT2D eigenvalue weighted by molar-refractivity contribution is -0.114. The number of rotatable bonds is 16. The van der Waals surface area contributed by atoms with E-state index in [0.717, 1.165) is 203 Å². The van der Waals surface area contributed by atoms with Gasteiger partial charge in [0.1, 0.15) is 51.0 Å². The molecule has 14 aliphatic rings. The third-order valence-corrected chi connectivity index (χ3v) is 40.7. The molecule has 27 nitrogen and oxygen atoms in total. The molecule has 0 radical (unpaired) electrons. The van der Waals surface area contributed by atoms with E-state index in [1.807, 2.05) is 6.07 Å². The fraction of sp³-hybridized carbons (Fsp3) is 0.320. The van der Waals surface area contributed by atoms with Crippen molar-refractivity contribution in [2.45, 2.75) is 185 Å². The van der Waals surface area contributed by atoms with Gasteiger partial charge in [0, 0.05) is 48.2 Å². The molecular weight excluding hydrogens is 2060 g/mol. The summed E-state index contributed by atoms with van der Waals surface area (Å²) in [7, 11) is -14.2. The Balaban J connectivity index is 0.000000106. The first-order valence-electron chi connectivity index (χ1n) is 45.5. The number of nitrogens with zero attached hydrogens (tertiary/aromatic N) is 5. The molecule has 5 unspecified atom stereocenters. The highest BCUT2D eigenvalue weighted by molar-refractivity contribution is 9.11. The Morgan fingerprint density at radius 2 is 0.715 bits per heavy atom. The van der Waals surface area contributed by atoms with Crippen LogP contribution in [0.4, 0.5) is 32.8 Å². The number of methoxy groups -OCH3 is 1. The Kier molecular flexibility index (Phi) is 25.6. The SMILES string of the molecule is COc1ccc2c(c1)C(=O)N=S2(=O)CC(=O)Nc1c2c(cc3c1CCC3)CCC2.O=C(CS1(=O)=NC(=O)c2c(F)cccc21)Nc1c2c(cc3c1CCC3)CCC2.O=C(CS1(=O)=NC(=O)c2cc(Br)ccc21)Nc1c2c(cc3c1CCC3)CCC2.O=C(CS1(=O)=NC(=O)c2ccc(Br)cc21)Nc1c2c(cc3c1CCC3)CCC2.O=C(CS1(=O)=NC(=O)c2sccc21)Nc1c(Br)ccc2c1CCO2. The van der Waals surface area contributed by atoms with Gasteiger partial charge in [-0.1, -0.05) is 62.2 Å². The summed E-state index contributed by atoms with van der Waals surface area (Å²) in [5.74, 6) is -6.14. The van der Waals surface area contributed by atoms with Crippen molar-refractivity contribution in [3.05, 3.63) is 262 Å². The number of hydrogen-bond acceptors (Lipinski definition) is 18. The molecule has 706 valence electrons. The van der Waals surface area contributed by atoms with Gasteiger partial charge in [0.2, 0.25) is 29.5 Å². The second kappa shape index (κ2) is 37.4. The predicted molar refractivity (Wildman–Crippen MR) is 531 cm³/mol. The van der Waals surface area contributed by atoms with E-state index >= 15 is 0 Å². The number of thiophene rings is 1. The van der Waals surface area contributed by atoms with Gasteiger partial charge in [0.25, 0.3) is 29.5 Å². The summed E-state index contributed by atoms with van der Waals surface area (Å²) in [5, 5.41) is 16.6. The van der Waals surface area contributed by atoms with E-state index in [1.54, 1.807) is 66.0 Å². The van der Waals surface area contributed by atoms with Crippen LogP contribution >= 0.6 is 59.1 Å². The molecule has 137 heavy (non-hydrogen) atoms. The van der Waals surface area contributed by atoms with Crippen LogP contribution in [-0.4, -0.2) is 123 Å². The van der Waals surface area contributed by atoms with Crippen LogP contribution in [0.2, 0.25) is 0 Å². The second-order valence-corrected chi connectivity index (χ2v) is 50.5. The zero-order valence-corrected chi connectivity index (χ0v) is 83.8. The molecule has 5 atom stereocenters. The number of hydrogen-bond donors (Lipinski definition) is 5. The highest BCUT2D eigenvalue weighted by Crippen LogP contribution is 2.47. The van der Waals surface area contributed by atoms with Crippen molar-refractivity contribution >= 4 is 195 Å². The summed E-state index contributed by atoms with van der Waals surface area (Å²) in [6.45, 7) is 0.563. The van der Waals surface area contributed by atoms with E-state index in [2.05, 4.69) is 120 Å². The van der Waals surface area contributed by atoms with E-state index in [4.69, 9.17) is 9.47 Å². The molecule has 6 aliphatic heterocycles. The highest BCUT2D eigenvalue weighted by Gasteiger charge is 2.41.